The number of hydrogen-bond acceptors (Lipinski definition) is 4. The SMILES string of the molecule is CCOC(C)CNS(=O)(=O)c1cc(CO)ccc1CC. The van der Waals surface area contributed by atoms with Crippen molar-refractivity contribution in [2.75, 3.05) is 13.2 Å². The number of ether oxygens (including phenoxy) is 1. The third-order valence-electron chi connectivity index (χ3n) is 3.00. The summed E-state index contributed by atoms with van der Waals surface area (Å²) in [4.78, 5) is 0.232. The number of hydrogen-bond donors (Lipinski definition) is 2. The summed E-state index contributed by atoms with van der Waals surface area (Å²) in [6.45, 7) is 6.17. The Morgan fingerprint density at radius 2 is 2.05 bits per heavy atom. The lowest BCUT2D eigenvalue weighted by molar-refractivity contribution is 0.0799. The smallest absolute Gasteiger partial charge is 0.240 e. The highest BCUT2D eigenvalue weighted by atomic mass is 32.2. The second-order valence-corrected chi connectivity index (χ2v) is 6.31. The lowest BCUT2D eigenvalue weighted by Crippen LogP contribution is -2.32. The van der Waals surface area contributed by atoms with Crippen LogP contribution in [0.1, 0.15) is 31.9 Å². The Bertz CT molecular complexity index is 528. The number of aliphatic hydroxyl groups is 1. The van der Waals surface area contributed by atoms with E-state index in [9.17, 15) is 8.42 Å². The van der Waals surface area contributed by atoms with Crippen LogP contribution in [0.2, 0.25) is 0 Å². The zero-order valence-electron chi connectivity index (χ0n) is 12.2. The molecule has 0 aliphatic carbocycles. The minimum absolute atomic E-state index is 0.179. The van der Waals surface area contributed by atoms with Gasteiger partial charge in [-0.05, 0) is 37.5 Å². The first-order chi connectivity index (χ1) is 9.44. The first-order valence-corrected chi connectivity index (χ1v) is 8.26. The Morgan fingerprint density at radius 3 is 2.60 bits per heavy atom. The van der Waals surface area contributed by atoms with Crippen molar-refractivity contribution in [2.45, 2.75) is 44.8 Å². The summed E-state index contributed by atoms with van der Waals surface area (Å²) in [5, 5.41) is 9.14. The number of aliphatic hydroxyl groups excluding tert-OH is 1. The Hall–Kier alpha value is -0.950. The van der Waals surface area contributed by atoms with Crippen LogP contribution in [-0.4, -0.2) is 32.8 Å². The van der Waals surface area contributed by atoms with E-state index in [1.54, 1.807) is 12.1 Å². The van der Waals surface area contributed by atoms with E-state index < -0.39 is 10.0 Å². The molecule has 1 aromatic rings. The van der Waals surface area contributed by atoms with Gasteiger partial charge in [0.15, 0.2) is 0 Å². The van der Waals surface area contributed by atoms with Crippen molar-refractivity contribution >= 4 is 10.0 Å². The van der Waals surface area contributed by atoms with Crippen molar-refractivity contribution in [3.8, 4) is 0 Å². The first kappa shape index (κ1) is 17.1. The van der Waals surface area contributed by atoms with Gasteiger partial charge in [-0.25, -0.2) is 13.1 Å². The molecule has 5 nitrogen and oxygen atoms in total. The van der Waals surface area contributed by atoms with Gasteiger partial charge in [0.25, 0.3) is 0 Å². The summed E-state index contributed by atoms with van der Waals surface area (Å²) in [7, 11) is -3.59. The molecule has 2 N–H and O–H groups in total. The molecule has 0 saturated heterocycles. The molecule has 0 fully saturated rings. The van der Waals surface area contributed by atoms with E-state index in [0.29, 0.717) is 18.6 Å². The fourth-order valence-corrected chi connectivity index (χ4v) is 3.36. The molecule has 1 unspecified atom stereocenters. The van der Waals surface area contributed by atoms with Gasteiger partial charge in [-0.15, -0.1) is 0 Å². The monoisotopic (exact) mass is 301 g/mol. The Balaban J connectivity index is 2.96. The van der Waals surface area contributed by atoms with Gasteiger partial charge >= 0.3 is 0 Å². The molecule has 0 heterocycles. The van der Waals surface area contributed by atoms with Crippen LogP contribution >= 0.6 is 0 Å². The average Bonchev–Trinajstić information content (AvgIpc) is 2.45. The molecule has 0 aromatic heterocycles. The standard InChI is InChI=1S/C14H23NO4S/c1-4-13-7-6-12(10-16)8-14(13)20(17,18)15-9-11(3)19-5-2/h6-8,11,15-16H,4-5,9-10H2,1-3H3. The van der Waals surface area contributed by atoms with E-state index in [1.165, 1.54) is 6.07 Å². The Labute approximate surface area is 121 Å². The van der Waals surface area contributed by atoms with Crippen LogP contribution in [-0.2, 0) is 27.8 Å². The number of sulfonamides is 1. The molecule has 0 amide bonds. The number of aryl methyl sites for hydroxylation is 1. The molecular formula is C14H23NO4S. The lowest BCUT2D eigenvalue weighted by atomic mass is 10.1. The van der Waals surface area contributed by atoms with Gasteiger partial charge < -0.3 is 9.84 Å². The normalized spacial score (nSPS) is 13.4. The van der Waals surface area contributed by atoms with Crippen LogP contribution in [0.15, 0.2) is 23.1 Å². The summed E-state index contributed by atoms with van der Waals surface area (Å²) in [5.74, 6) is 0. The van der Waals surface area contributed by atoms with E-state index in [2.05, 4.69) is 4.72 Å². The summed E-state index contributed by atoms with van der Waals surface area (Å²) in [6.07, 6.45) is 0.434. The maximum Gasteiger partial charge on any atom is 0.240 e. The molecule has 1 aromatic carbocycles. The van der Waals surface area contributed by atoms with Gasteiger partial charge in [0, 0.05) is 13.2 Å². The van der Waals surface area contributed by atoms with Gasteiger partial charge in [0.1, 0.15) is 0 Å². The van der Waals surface area contributed by atoms with E-state index in [0.717, 1.165) is 5.56 Å². The quantitative estimate of drug-likeness (QED) is 0.762. The van der Waals surface area contributed by atoms with E-state index in [1.807, 2.05) is 20.8 Å². The van der Waals surface area contributed by atoms with Crippen molar-refractivity contribution in [3.05, 3.63) is 29.3 Å². The zero-order valence-corrected chi connectivity index (χ0v) is 13.0. The Kier molecular flexibility index (Phi) is 6.61. The van der Waals surface area contributed by atoms with Crippen LogP contribution in [0.5, 0.6) is 0 Å². The second-order valence-electron chi connectivity index (χ2n) is 4.57. The molecule has 114 valence electrons. The van der Waals surface area contributed by atoms with Crippen LogP contribution in [0.4, 0.5) is 0 Å². The molecule has 20 heavy (non-hydrogen) atoms. The molecule has 1 rings (SSSR count). The third-order valence-corrected chi connectivity index (χ3v) is 4.50. The van der Waals surface area contributed by atoms with Gasteiger partial charge in [-0.2, -0.15) is 0 Å². The van der Waals surface area contributed by atoms with E-state index in [4.69, 9.17) is 9.84 Å². The van der Waals surface area contributed by atoms with Crippen molar-refractivity contribution < 1.29 is 18.3 Å². The van der Waals surface area contributed by atoms with Crippen LogP contribution in [0, 0.1) is 0 Å². The minimum atomic E-state index is -3.59. The lowest BCUT2D eigenvalue weighted by Gasteiger charge is -2.15. The van der Waals surface area contributed by atoms with Crippen LogP contribution in [0.25, 0.3) is 0 Å². The number of benzene rings is 1. The fourth-order valence-electron chi connectivity index (χ4n) is 1.89. The molecule has 1 atom stereocenters. The van der Waals surface area contributed by atoms with Gasteiger partial charge in [-0.1, -0.05) is 19.1 Å². The van der Waals surface area contributed by atoms with Gasteiger partial charge in [0.05, 0.1) is 17.6 Å². The van der Waals surface area contributed by atoms with E-state index >= 15 is 0 Å². The second kappa shape index (κ2) is 7.73. The van der Waals surface area contributed by atoms with Crippen molar-refractivity contribution in [1.29, 1.82) is 0 Å². The molecule has 0 bridgehead atoms. The van der Waals surface area contributed by atoms with Crippen molar-refractivity contribution in [2.24, 2.45) is 0 Å². The molecule has 0 aliphatic rings. The predicted molar refractivity (Wildman–Crippen MR) is 78.0 cm³/mol. The fraction of sp³-hybridized carbons (Fsp3) is 0.571. The van der Waals surface area contributed by atoms with Gasteiger partial charge in [0.2, 0.25) is 10.0 Å². The molecule has 0 spiro atoms. The highest BCUT2D eigenvalue weighted by molar-refractivity contribution is 7.89. The summed E-state index contributed by atoms with van der Waals surface area (Å²) in [6, 6.07) is 5.00. The molecule has 0 aliphatic heterocycles. The zero-order chi connectivity index (χ0) is 15.2. The van der Waals surface area contributed by atoms with Crippen molar-refractivity contribution in [1.82, 2.24) is 4.72 Å². The van der Waals surface area contributed by atoms with E-state index in [-0.39, 0.29) is 24.2 Å². The third kappa shape index (κ3) is 4.56. The molecule has 0 radical (unpaired) electrons. The molecule has 0 saturated carbocycles. The van der Waals surface area contributed by atoms with Gasteiger partial charge in [-0.3, -0.25) is 0 Å². The Morgan fingerprint density at radius 1 is 1.35 bits per heavy atom. The average molecular weight is 301 g/mol. The first-order valence-electron chi connectivity index (χ1n) is 6.78. The highest BCUT2D eigenvalue weighted by Gasteiger charge is 2.19. The molecule has 6 heteroatoms. The number of nitrogens with one attached hydrogen (secondary N) is 1. The molecular weight excluding hydrogens is 278 g/mol. The van der Waals surface area contributed by atoms with Crippen LogP contribution < -0.4 is 4.72 Å². The summed E-state index contributed by atoms with van der Waals surface area (Å²) >= 11 is 0. The summed E-state index contributed by atoms with van der Waals surface area (Å²) < 4.78 is 32.5. The van der Waals surface area contributed by atoms with Crippen LogP contribution in [0.3, 0.4) is 0 Å². The predicted octanol–water partition coefficient (Wildman–Crippen LogP) is 1.44. The largest absolute Gasteiger partial charge is 0.392 e. The number of rotatable bonds is 8. The van der Waals surface area contributed by atoms with Crippen molar-refractivity contribution in [3.63, 3.8) is 0 Å². The minimum Gasteiger partial charge on any atom is -0.392 e. The maximum atomic E-state index is 12.3. The maximum absolute atomic E-state index is 12.3. The topological polar surface area (TPSA) is 75.6 Å². The highest BCUT2D eigenvalue weighted by Crippen LogP contribution is 2.18. The summed E-state index contributed by atoms with van der Waals surface area (Å²) in [5.41, 5.74) is 1.32.